The van der Waals surface area contributed by atoms with Gasteiger partial charge in [0.1, 0.15) is 0 Å². The molecule has 2 aromatic carbocycles. The van der Waals surface area contributed by atoms with Gasteiger partial charge >= 0.3 is 5.97 Å². The molecule has 1 amide bonds. The number of rotatable bonds is 7. The van der Waals surface area contributed by atoms with Crippen LogP contribution in [0, 0.1) is 6.92 Å². The van der Waals surface area contributed by atoms with E-state index in [-0.39, 0.29) is 4.90 Å². The van der Waals surface area contributed by atoms with Crippen molar-refractivity contribution >= 4 is 27.6 Å². The van der Waals surface area contributed by atoms with Crippen LogP contribution in [0.15, 0.2) is 53.4 Å². The average Bonchev–Trinajstić information content (AvgIpc) is 3.50. The summed E-state index contributed by atoms with van der Waals surface area (Å²) in [4.78, 5) is 24.8. The number of benzene rings is 2. The fraction of sp³-hybridized carbons (Fsp3) is 0.333. The van der Waals surface area contributed by atoms with E-state index in [2.05, 4.69) is 5.32 Å². The predicted molar refractivity (Wildman–Crippen MR) is 109 cm³/mol. The molecule has 0 heterocycles. The van der Waals surface area contributed by atoms with Crippen LogP contribution in [0.4, 0.5) is 5.69 Å². The molecular formula is C21H24N2O5S. The van der Waals surface area contributed by atoms with Gasteiger partial charge in [-0.15, -0.1) is 0 Å². The Bertz CT molecular complexity index is 1030. The normalized spacial score (nSPS) is 15.0. The van der Waals surface area contributed by atoms with Crippen molar-refractivity contribution in [2.24, 2.45) is 0 Å². The van der Waals surface area contributed by atoms with E-state index in [9.17, 15) is 18.0 Å². The van der Waals surface area contributed by atoms with Crippen molar-refractivity contribution in [3.63, 3.8) is 0 Å². The van der Waals surface area contributed by atoms with Gasteiger partial charge in [-0.3, -0.25) is 9.59 Å². The molecule has 0 saturated heterocycles. The largest absolute Gasteiger partial charge is 0.455 e. The number of hydrogen-bond acceptors (Lipinski definition) is 5. The molecular weight excluding hydrogens is 392 g/mol. The van der Waals surface area contributed by atoms with Crippen LogP contribution in [0.3, 0.4) is 0 Å². The van der Waals surface area contributed by atoms with Crippen molar-refractivity contribution in [2.75, 3.05) is 26.0 Å². The number of ether oxygens (including phenoxy) is 1. The van der Waals surface area contributed by atoms with Crippen molar-refractivity contribution in [3.8, 4) is 0 Å². The minimum atomic E-state index is -3.64. The number of hydrogen-bond donors (Lipinski definition) is 1. The van der Waals surface area contributed by atoms with Crippen LogP contribution in [0.1, 0.15) is 24.0 Å². The molecule has 0 aromatic heterocycles. The third-order valence-corrected chi connectivity index (χ3v) is 6.99. The molecule has 1 fully saturated rings. The number of carbonyl (C=O) groups excluding carboxylic acids is 2. The van der Waals surface area contributed by atoms with Crippen LogP contribution >= 0.6 is 0 Å². The lowest BCUT2D eigenvalue weighted by Gasteiger charge is -2.16. The number of aryl methyl sites for hydroxylation is 1. The van der Waals surface area contributed by atoms with Crippen molar-refractivity contribution in [2.45, 2.75) is 30.1 Å². The molecule has 0 bridgehead atoms. The van der Waals surface area contributed by atoms with Crippen LogP contribution in [-0.4, -0.2) is 45.3 Å². The Balaban J connectivity index is 1.64. The minimum Gasteiger partial charge on any atom is -0.455 e. The number of esters is 1. The molecule has 1 N–H and O–H groups in total. The summed E-state index contributed by atoms with van der Waals surface area (Å²) in [6.45, 7) is 1.25. The monoisotopic (exact) mass is 416 g/mol. The van der Waals surface area contributed by atoms with Gasteiger partial charge in [0.05, 0.1) is 10.3 Å². The van der Waals surface area contributed by atoms with E-state index < -0.39 is 33.9 Å². The standard InChI is InChI=1S/C21H24N2O5S/c1-15-9-10-17(13-18(15)29(26,27)23(2)3)22-19(24)14-28-20(25)21(11-12-21)16-7-5-4-6-8-16/h4-10,13H,11-12,14H2,1-3H3,(H,22,24). The van der Waals surface area contributed by atoms with Gasteiger partial charge in [-0.05, 0) is 43.0 Å². The first-order chi connectivity index (χ1) is 13.7. The van der Waals surface area contributed by atoms with Crippen LogP contribution in [0.25, 0.3) is 0 Å². The van der Waals surface area contributed by atoms with E-state index >= 15 is 0 Å². The molecule has 2 aromatic rings. The molecule has 7 nitrogen and oxygen atoms in total. The van der Waals surface area contributed by atoms with Gasteiger partial charge in [0, 0.05) is 19.8 Å². The molecule has 8 heteroatoms. The zero-order valence-electron chi connectivity index (χ0n) is 16.6. The van der Waals surface area contributed by atoms with Gasteiger partial charge < -0.3 is 10.1 Å². The first-order valence-electron chi connectivity index (χ1n) is 9.22. The summed E-state index contributed by atoms with van der Waals surface area (Å²) < 4.78 is 31.2. The van der Waals surface area contributed by atoms with E-state index in [0.29, 0.717) is 24.1 Å². The molecule has 0 spiro atoms. The third-order valence-electron chi connectivity index (χ3n) is 5.03. The molecule has 29 heavy (non-hydrogen) atoms. The number of amides is 1. The SMILES string of the molecule is Cc1ccc(NC(=O)COC(=O)C2(c3ccccc3)CC2)cc1S(=O)(=O)N(C)C. The van der Waals surface area contributed by atoms with Crippen LogP contribution in [0.2, 0.25) is 0 Å². The molecule has 1 saturated carbocycles. The van der Waals surface area contributed by atoms with E-state index in [4.69, 9.17) is 4.74 Å². The fourth-order valence-electron chi connectivity index (χ4n) is 3.11. The molecule has 1 aliphatic carbocycles. The Kier molecular flexibility index (Phi) is 5.77. The predicted octanol–water partition coefficient (Wildman–Crippen LogP) is 2.46. The maximum atomic E-state index is 12.5. The summed E-state index contributed by atoms with van der Waals surface area (Å²) in [6, 6.07) is 14.0. The van der Waals surface area contributed by atoms with E-state index in [1.54, 1.807) is 19.1 Å². The van der Waals surface area contributed by atoms with Crippen molar-refractivity contribution in [1.82, 2.24) is 4.31 Å². The summed E-state index contributed by atoms with van der Waals surface area (Å²) in [5.74, 6) is -0.946. The first kappa shape index (κ1) is 21.0. The van der Waals surface area contributed by atoms with E-state index in [0.717, 1.165) is 9.87 Å². The smallest absolute Gasteiger partial charge is 0.317 e. The first-order valence-corrected chi connectivity index (χ1v) is 10.7. The summed E-state index contributed by atoms with van der Waals surface area (Å²) in [5, 5.41) is 2.59. The third kappa shape index (κ3) is 4.33. The Morgan fingerprint density at radius 3 is 2.34 bits per heavy atom. The number of anilines is 1. The van der Waals surface area contributed by atoms with Crippen molar-refractivity contribution < 1.29 is 22.7 Å². The van der Waals surface area contributed by atoms with Crippen molar-refractivity contribution in [3.05, 3.63) is 59.7 Å². The molecule has 0 radical (unpaired) electrons. The van der Waals surface area contributed by atoms with Gasteiger partial charge in [-0.2, -0.15) is 0 Å². The zero-order valence-corrected chi connectivity index (χ0v) is 17.5. The summed E-state index contributed by atoms with van der Waals surface area (Å²) in [7, 11) is -0.748. The second-order valence-corrected chi connectivity index (χ2v) is 9.46. The van der Waals surface area contributed by atoms with Crippen LogP contribution < -0.4 is 5.32 Å². The van der Waals surface area contributed by atoms with Gasteiger partial charge in [0.15, 0.2) is 6.61 Å². The highest BCUT2D eigenvalue weighted by Crippen LogP contribution is 2.49. The van der Waals surface area contributed by atoms with Gasteiger partial charge in [0.2, 0.25) is 10.0 Å². The second-order valence-electron chi connectivity index (χ2n) is 7.34. The Morgan fingerprint density at radius 2 is 1.76 bits per heavy atom. The molecule has 0 unspecified atom stereocenters. The quantitative estimate of drug-likeness (QED) is 0.700. The van der Waals surface area contributed by atoms with Crippen molar-refractivity contribution in [1.29, 1.82) is 0 Å². The highest BCUT2D eigenvalue weighted by molar-refractivity contribution is 7.89. The molecule has 0 atom stereocenters. The van der Waals surface area contributed by atoms with Gasteiger partial charge in [0.25, 0.3) is 5.91 Å². The lowest BCUT2D eigenvalue weighted by Crippen LogP contribution is -2.28. The van der Waals surface area contributed by atoms with Crippen LogP contribution in [0.5, 0.6) is 0 Å². The Morgan fingerprint density at radius 1 is 1.10 bits per heavy atom. The molecule has 0 aliphatic heterocycles. The topological polar surface area (TPSA) is 92.8 Å². The highest BCUT2D eigenvalue weighted by Gasteiger charge is 2.52. The average molecular weight is 416 g/mol. The molecule has 154 valence electrons. The number of carbonyl (C=O) groups is 2. The zero-order chi connectivity index (χ0) is 21.2. The Hall–Kier alpha value is -2.71. The number of nitrogens with zero attached hydrogens (tertiary/aromatic N) is 1. The lowest BCUT2D eigenvalue weighted by atomic mass is 9.96. The maximum Gasteiger partial charge on any atom is 0.317 e. The van der Waals surface area contributed by atoms with Gasteiger partial charge in [-0.25, -0.2) is 12.7 Å². The Labute approximate surface area is 170 Å². The highest BCUT2D eigenvalue weighted by atomic mass is 32.2. The van der Waals surface area contributed by atoms with Gasteiger partial charge in [-0.1, -0.05) is 36.4 Å². The summed E-state index contributed by atoms with van der Waals surface area (Å²) >= 11 is 0. The van der Waals surface area contributed by atoms with Crippen LogP contribution in [-0.2, 0) is 29.8 Å². The maximum absolute atomic E-state index is 12.5. The molecule has 3 rings (SSSR count). The lowest BCUT2D eigenvalue weighted by molar-refractivity contribution is -0.150. The van der Waals surface area contributed by atoms with E-state index in [1.165, 1.54) is 20.2 Å². The second kappa shape index (κ2) is 7.96. The number of nitrogens with one attached hydrogen (secondary N) is 1. The summed E-state index contributed by atoms with van der Waals surface area (Å²) in [6.07, 6.45) is 1.39. The number of sulfonamides is 1. The molecule has 1 aliphatic rings. The minimum absolute atomic E-state index is 0.110. The fourth-order valence-corrected chi connectivity index (χ4v) is 4.26. The summed E-state index contributed by atoms with van der Waals surface area (Å²) in [5.41, 5.74) is 1.13. The van der Waals surface area contributed by atoms with E-state index in [1.807, 2.05) is 30.3 Å².